The first kappa shape index (κ1) is 14.7. The zero-order chi connectivity index (χ0) is 12.7. The van der Waals surface area contributed by atoms with Gasteiger partial charge in [0.2, 0.25) is 0 Å². The molecule has 1 rings (SSSR count). The molecule has 1 aromatic rings. The van der Waals surface area contributed by atoms with Crippen molar-refractivity contribution in [2.45, 2.75) is 13.3 Å². The van der Waals surface area contributed by atoms with Crippen molar-refractivity contribution in [2.75, 3.05) is 19.6 Å². The summed E-state index contributed by atoms with van der Waals surface area (Å²) < 4.78 is 0.952. The van der Waals surface area contributed by atoms with E-state index in [1.165, 1.54) is 0 Å². The molecule has 17 heavy (non-hydrogen) atoms. The van der Waals surface area contributed by atoms with Crippen LogP contribution in [0.2, 0.25) is 5.02 Å². The third-order valence-corrected chi connectivity index (χ3v) is 3.82. The third-order valence-electron chi connectivity index (χ3n) is 2.25. The molecule has 0 aliphatic carbocycles. The number of amides is 1. The number of nitrogens with one attached hydrogen (secondary N) is 2. The van der Waals surface area contributed by atoms with Crippen molar-refractivity contribution >= 4 is 40.1 Å². The van der Waals surface area contributed by atoms with E-state index in [0.29, 0.717) is 17.1 Å². The van der Waals surface area contributed by atoms with Gasteiger partial charge in [0, 0.05) is 15.7 Å². The minimum atomic E-state index is -0.0696. The predicted molar refractivity (Wildman–Crippen MR) is 79.7 cm³/mol. The van der Waals surface area contributed by atoms with Gasteiger partial charge < -0.3 is 10.6 Å². The van der Waals surface area contributed by atoms with Crippen LogP contribution in [-0.2, 0) is 0 Å². The molecule has 0 spiro atoms. The van der Waals surface area contributed by atoms with Gasteiger partial charge in [0.15, 0.2) is 0 Å². The van der Waals surface area contributed by atoms with Crippen LogP contribution < -0.4 is 10.6 Å². The second-order valence-corrected chi connectivity index (χ2v) is 5.16. The van der Waals surface area contributed by atoms with Crippen LogP contribution in [0.15, 0.2) is 18.2 Å². The predicted octanol–water partition coefficient (Wildman–Crippen LogP) is 2.67. The van der Waals surface area contributed by atoms with Gasteiger partial charge >= 0.3 is 0 Å². The lowest BCUT2D eigenvalue weighted by Crippen LogP contribution is -2.27. The summed E-state index contributed by atoms with van der Waals surface area (Å²) >= 11 is 8.10. The summed E-state index contributed by atoms with van der Waals surface area (Å²) in [4.78, 5) is 11.7. The number of rotatable bonds is 6. The lowest BCUT2D eigenvalue weighted by atomic mass is 10.2. The molecule has 0 fully saturated rings. The van der Waals surface area contributed by atoms with Gasteiger partial charge in [-0.3, -0.25) is 4.79 Å². The third kappa shape index (κ3) is 5.23. The van der Waals surface area contributed by atoms with Gasteiger partial charge in [-0.15, -0.1) is 0 Å². The van der Waals surface area contributed by atoms with Gasteiger partial charge in [-0.2, -0.15) is 0 Å². The van der Waals surface area contributed by atoms with Gasteiger partial charge in [0.25, 0.3) is 5.91 Å². The number of hydrogen-bond donors (Lipinski definition) is 2. The number of halogens is 2. The van der Waals surface area contributed by atoms with Gasteiger partial charge in [0.05, 0.1) is 5.02 Å². The molecule has 1 amide bonds. The van der Waals surface area contributed by atoms with E-state index in [9.17, 15) is 4.79 Å². The van der Waals surface area contributed by atoms with Crippen molar-refractivity contribution in [1.82, 2.24) is 10.6 Å². The normalized spacial score (nSPS) is 10.3. The Morgan fingerprint density at radius 3 is 2.82 bits per heavy atom. The highest BCUT2D eigenvalue weighted by molar-refractivity contribution is 14.1. The Hall–Kier alpha value is -0.330. The maximum absolute atomic E-state index is 11.7. The summed E-state index contributed by atoms with van der Waals surface area (Å²) in [7, 11) is 0. The molecule has 0 saturated carbocycles. The van der Waals surface area contributed by atoms with E-state index in [-0.39, 0.29) is 5.91 Å². The molecule has 0 bridgehead atoms. The van der Waals surface area contributed by atoms with Crippen LogP contribution in [0, 0.1) is 3.57 Å². The van der Waals surface area contributed by atoms with Crippen molar-refractivity contribution in [3.05, 3.63) is 32.4 Å². The van der Waals surface area contributed by atoms with E-state index >= 15 is 0 Å². The lowest BCUT2D eigenvalue weighted by molar-refractivity contribution is 0.0953. The fourth-order valence-electron chi connectivity index (χ4n) is 1.33. The Balaban J connectivity index is 2.39. The molecular weight excluding hydrogens is 351 g/mol. The summed E-state index contributed by atoms with van der Waals surface area (Å²) in [5.41, 5.74) is 0.610. The molecule has 0 aliphatic rings. The van der Waals surface area contributed by atoms with Crippen LogP contribution in [0.5, 0.6) is 0 Å². The zero-order valence-corrected chi connectivity index (χ0v) is 12.6. The van der Waals surface area contributed by atoms with Crippen LogP contribution >= 0.6 is 34.2 Å². The second-order valence-electron chi connectivity index (χ2n) is 3.59. The molecule has 5 heteroatoms. The lowest BCUT2D eigenvalue weighted by Gasteiger charge is -2.06. The van der Waals surface area contributed by atoms with Crippen molar-refractivity contribution < 1.29 is 4.79 Å². The largest absolute Gasteiger partial charge is 0.352 e. The quantitative estimate of drug-likeness (QED) is 0.600. The molecule has 0 atom stereocenters. The van der Waals surface area contributed by atoms with E-state index in [1.54, 1.807) is 12.1 Å². The minimum absolute atomic E-state index is 0.0696. The molecule has 0 heterocycles. The van der Waals surface area contributed by atoms with E-state index in [1.807, 2.05) is 6.07 Å². The Morgan fingerprint density at radius 1 is 1.41 bits per heavy atom. The van der Waals surface area contributed by atoms with E-state index in [0.717, 1.165) is 23.1 Å². The van der Waals surface area contributed by atoms with Crippen LogP contribution in [0.25, 0.3) is 0 Å². The number of benzene rings is 1. The van der Waals surface area contributed by atoms with Crippen LogP contribution in [0.1, 0.15) is 23.7 Å². The SMILES string of the molecule is CCNCCCNC(=O)c1ccc(I)c(Cl)c1. The summed E-state index contributed by atoms with van der Waals surface area (Å²) in [6.45, 7) is 4.62. The van der Waals surface area contributed by atoms with Gasteiger partial charge in [-0.1, -0.05) is 18.5 Å². The van der Waals surface area contributed by atoms with Gasteiger partial charge in [-0.05, 0) is 60.3 Å². The summed E-state index contributed by atoms with van der Waals surface area (Å²) in [6, 6.07) is 5.33. The molecule has 2 N–H and O–H groups in total. The smallest absolute Gasteiger partial charge is 0.251 e. The number of carbonyl (C=O) groups is 1. The summed E-state index contributed by atoms with van der Waals surface area (Å²) in [5, 5.41) is 6.69. The van der Waals surface area contributed by atoms with Crippen molar-refractivity contribution in [3.8, 4) is 0 Å². The highest BCUT2D eigenvalue weighted by atomic mass is 127. The highest BCUT2D eigenvalue weighted by Crippen LogP contribution is 2.19. The van der Waals surface area contributed by atoms with Gasteiger partial charge in [0.1, 0.15) is 0 Å². The van der Waals surface area contributed by atoms with Gasteiger partial charge in [-0.25, -0.2) is 0 Å². The minimum Gasteiger partial charge on any atom is -0.352 e. The maximum Gasteiger partial charge on any atom is 0.251 e. The monoisotopic (exact) mass is 366 g/mol. The highest BCUT2D eigenvalue weighted by Gasteiger charge is 2.06. The molecule has 0 saturated heterocycles. The first-order chi connectivity index (χ1) is 8.15. The van der Waals surface area contributed by atoms with Crippen molar-refractivity contribution in [2.24, 2.45) is 0 Å². The van der Waals surface area contributed by atoms with E-state index < -0.39 is 0 Å². The molecule has 0 aromatic heterocycles. The molecule has 0 aliphatic heterocycles. The number of carbonyl (C=O) groups excluding carboxylic acids is 1. The average molecular weight is 367 g/mol. The molecule has 0 radical (unpaired) electrons. The first-order valence-corrected chi connectivity index (χ1v) is 7.04. The molecule has 0 unspecified atom stereocenters. The van der Waals surface area contributed by atoms with Crippen LogP contribution in [0.4, 0.5) is 0 Å². The Kier molecular flexibility index (Phi) is 6.84. The van der Waals surface area contributed by atoms with Crippen LogP contribution in [0.3, 0.4) is 0 Å². The number of hydrogen-bond acceptors (Lipinski definition) is 2. The molecule has 94 valence electrons. The Bertz CT molecular complexity index is 385. The molecular formula is C12H16ClIN2O. The Morgan fingerprint density at radius 2 is 2.18 bits per heavy atom. The van der Waals surface area contributed by atoms with E-state index in [4.69, 9.17) is 11.6 Å². The van der Waals surface area contributed by atoms with Crippen molar-refractivity contribution in [1.29, 1.82) is 0 Å². The topological polar surface area (TPSA) is 41.1 Å². The molecule has 1 aromatic carbocycles. The maximum atomic E-state index is 11.7. The fraction of sp³-hybridized carbons (Fsp3) is 0.417. The average Bonchev–Trinajstić information content (AvgIpc) is 2.32. The van der Waals surface area contributed by atoms with Crippen molar-refractivity contribution in [3.63, 3.8) is 0 Å². The standard InChI is InChI=1S/C12H16ClIN2O/c1-2-15-6-3-7-16-12(17)9-4-5-11(14)10(13)8-9/h4-5,8,15H,2-3,6-7H2,1H3,(H,16,17). The Labute approximate surface area is 120 Å². The first-order valence-electron chi connectivity index (χ1n) is 5.59. The summed E-state index contributed by atoms with van der Waals surface area (Å²) in [5.74, 6) is -0.0696. The summed E-state index contributed by atoms with van der Waals surface area (Å²) in [6.07, 6.45) is 0.928. The fourth-order valence-corrected chi connectivity index (χ4v) is 1.85. The molecule has 3 nitrogen and oxygen atoms in total. The van der Waals surface area contributed by atoms with E-state index in [2.05, 4.69) is 40.1 Å². The zero-order valence-electron chi connectivity index (χ0n) is 9.72. The van der Waals surface area contributed by atoms with Crippen LogP contribution in [-0.4, -0.2) is 25.5 Å². The second kappa shape index (κ2) is 7.89.